The van der Waals surface area contributed by atoms with Gasteiger partial charge in [-0.1, -0.05) is 43.2 Å². The van der Waals surface area contributed by atoms with Crippen molar-refractivity contribution in [3.63, 3.8) is 0 Å². The van der Waals surface area contributed by atoms with Crippen molar-refractivity contribution in [3.05, 3.63) is 53.6 Å². The minimum absolute atomic E-state index is 0.659. The van der Waals surface area contributed by atoms with Gasteiger partial charge in [0, 0.05) is 30.1 Å². The van der Waals surface area contributed by atoms with Crippen LogP contribution in [0.5, 0.6) is 0 Å². The highest BCUT2D eigenvalue weighted by Gasteiger charge is 2.11. The summed E-state index contributed by atoms with van der Waals surface area (Å²) in [4.78, 5) is 11.8. The molecule has 0 saturated heterocycles. The van der Waals surface area contributed by atoms with Gasteiger partial charge in [-0.05, 0) is 57.4 Å². The van der Waals surface area contributed by atoms with Gasteiger partial charge in [-0.3, -0.25) is 0 Å². The number of anilines is 1. The molecule has 0 fully saturated rings. The van der Waals surface area contributed by atoms with E-state index in [0.717, 1.165) is 60.7 Å². The molecule has 0 aliphatic rings. The second-order valence-electron chi connectivity index (χ2n) is 6.76. The summed E-state index contributed by atoms with van der Waals surface area (Å²) >= 11 is 6.50. The number of benzene rings is 1. The van der Waals surface area contributed by atoms with Crippen LogP contribution in [0.3, 0.4) is 0 Å². The SMILES string of the molecule is C=CCCN(CC)c1ccc(-c2nc(N=C(C)CCC)c(C)cc2Cl)cc1. The number of rotatable bonds is 9. The first-order chi connectivity index (χ1) is 13.0. The summed E-state index contributed by atoms with van der Waals surface area (Å²) in [5.41, 5.74) is 5.08. The predicted octanol–water partition coefficient (Wildman–Crippen LogP) is 7.01. The summed E-state index contributed by atoms with van der Waals surface area (Å²) in [6, 6.07) is 10.4. The molecule has 3 nitrogen and oxygen atoms in total. The van der Waals surface area contributed by atoms with Crippen LogP contribution in [-0.4, -0.2) is 23.8 Å². The Hall–Kier alpha value is -2.13. The molecular weight excluding hydrogens is 354 g/mol. The molecule has 0 bridgehead atoms. The Morgan fingerprint density at radius 3 is 2.56 bits per heavy atom. The fourth-order valence-corrected chi connectivity index (χ4v) is 3.35. The average molecular weight is 384 g/mol. The van der Waals surface area contributed by atoms with Crippen molar-refractivity contribution in [2.45, 2.75) is 47.0 Å². The fourth-order valence-electron chi connectivity index (χ4n) is 3.03. The Morgan fingerprint density at radius 1 is 1.26 bits per heavy atom. The molecule has 2 aromatic rings. The Balaban J connectivity index is 2.34. The van der Waals surface area contributed by atoms with Crippen molar-refractivity contribution in [2.24, 2.45) is 4.99 Å². The van der Waals surface area contributed by atoms with Crippen LogP contribution in [0, 0.1) is 6.92 Å². The predicted molar refractivity (Wildman–Crippen MR) is 120 cm³/mol. The second kappa shape index (κ2) is 10.3. The first kappa shape index (κ1) is 21.2. The summed E-state index contributed by atoms with van der Waals surface area (Å²) in [5, 5.41) is 0.659. The van der Waals surface area contributed by atoms with E-state index in [1.54, 1.807) is 0 Å². The molecule has 4 heteroatoms. The van der Waals surface area contributed by atoms with E-state index in [4.69, 9.17) is 21.6 Å². The highest BCUT2D eigenvalue weighted by molar-refractivity contribution is 6.33. The zero-order valence-electron chi connectivity index (χ0n) is 16.9. The lowest BCUT2D eigenvalue weighted by Gasteiger charge is -2.22. The van der Waals surface area contributed by atoms with Crippen molar-refractivity contribution >= 4 is 28.8 Å². The van der Waals surface area contributed by atoms with Crippen molar-refractivity contribution in [2.75, 3.05) is 18.0 Å². The lowest BCUT2D eigenvalue weighted by molar-refractivity contribution is 0.823. The molecule has 144 valence electrons. The minimum Gasteiger partial charge on any atom is -0.372 e. The van der Waals surface area contributed by atoms with Gasteiger partial charge in [0.15, 0.2) is 5.82 Å². The average Bonchev–Trinajstić information content (AvgIpc) is 2.65. The number of hydrogen-bond acceptors (Lipinski definition) is 3. The molecule has 0 atom stereocenters. The summed E-state index contributed by atoms with van der Waals surface area (Å²) in [6.07, 6.45) is 4.98. The Morgan fingerprint density at radius 2 is 1.96 bits per heavy atom. The Labute approximate surface area is 168 Å². The van der Waals surface area contributed by atoms with Crippen molar-refractivity contribution < 1.29 is 0 Å². The molecule has 1 heterocycles. The number of hydrogen-bond donors (Lipinski definition) is 0. The normalized spacial score (nSPS) is 11.5. The van der Waals surface area contributed by atoms with Crippen LogP contribution in [0.25, 0.3) is 11.3 Å². The van der Waals surface area contributed by atoms with Crippen LogP contribution in [0.4, 0.5) is 11.5 Å². The molecule has 0 aliphatic carbocycles. The molecule has 0 saturated carbocycles. The van der Waals surface area contributed by atoms with Gasteiger partial charge in [-0.15, -0.1) is 6.58 Å². The van der Waals surface area contributed by atoms with Crippen LogP contribution < -0.4 is 4.90 Å². The second-order valence-corrected chi connectivity index (χ2v) is 7.17. The lowest BCUT2D eigenvalue weighted by atomic mass is 10.1. The Kier molecular flexibility index (Phi) is 8.05. The Bertz CT molecular complexity index is 794. The molecule has 27 heavy (non-hydrogen) atoms. The number of pyridine rings is 1. The molecule has 2 rings (SSSR count). The fraction of sp³-hybridized carbons (Fsp3) is 0.391. The molecule has 0 N–H and O–H groups in total. The van der Waals surface area contributed by atoms with Crippen LogP contribution in [0.1, 0.15) is 45.6 Å². The molecular formula is C23H30ClN3. The van der Waals surface area contributed by atoms with E-state index < -0.39 is 0 Å². The molecule has 0 amide bonds. The van der Waals surface area contributed by atoms with E-state index >= 15 is 0 Å². The number of aryl methyl sites for hydroxylation is 1. The van der Waals surface area contributed by atoms with Crippen LogP contribution in [0.2, 0.25) is 5.02 Å². The van der Waals surface area contributed by atoms with E-state index in [1.165, 1.54) is 5.69 Å². The van der Waals surface area contributed by atoms with Crippen LogP contribution in [0.15, 0.2) is 48.0 Å². The van der Waals surface area contributed by atoms with E-state index in [2.05, 4.69) is 56.5 Å². The van der Waals surface area contributed by atoms with Gasteiger partial charge in [0.1, 0.15) is 0 Å². The van der Waals surface area contributed by atoms with Crippen LogP contribution >= 0.6 is 11.6 Å². The number of nitrogens with zero attached hydrogens (tertiary/aromatic N) is 3. The number of aromatic nitrogens is 1. The third-order valence-electron chi connectivity index (χ3n) is 4.54. The standard InChI is InChI=1S/C23H30ClN3/c1-6-9-15-27(8-3)20-13-11-19(12-14-20)22-21(24)16-17(4)23(26-22)25-18(5)10-7-2/h6,11-14,16H,1,7-10,15H2,2-5H3. The quantitative estimate of drug-likeness (QED) is 0.344. The van der Waals surface area contributed by atoms with Gasteiger partial charge in [0.25, 0.3) is 0 Å². The van der Waals surface area contributed by atoms with Gasteiger partial charge < -0.3 is 4.90 Å². The van der Waals surface area contributed by atoms with Crippen molar-refractivity contribution in [3.8, 4) is 11.3 Å². The van der Waals surface area contributed by atoms with Gasteiger partial charge in [0.2, 0.25) is 0 Å². The maximum absolute atomic E-state index is 6.50. The number of halogens is 1. The van der Waals surface area contributed by atoms with Gasteiger partial charge in [0.05, 0.1) is 10.7 Å². The van der Waals surface area contributed by atoms with Crippen LogP contribution in [-0.2, 0) is 0 Å². The maximum atomic E-state index is 6.50. The molecule has 0 unspecified atom stereocenters. The monoisotopic (exact) mass is 383 g/mol. The first-order valence-corrected chi connectivity index (χ1v) is 10.1. The molecule has 0 radical (unpaired) electrons. The number of aliphatic imine (C=N–C) groups is 1. The summed E-state index contributed by atoms with van der Waals surface area (Å²) in [6.45, 7) is 14.1. The van der Waals surface area contributed by atoms with Crippen molar-refractivity contribution in [1.82, 2.24) is 4.98 Å². The zero-order chi connectivity index (χ0) is 19.8. The molecule has 1 aromatic carbocycles. The van der Waals surface area contributed by atoms with E-state index in [0.29, 0.717) is 5.02 Å². The lowest BCUT2D eigenvalue weighted by Crippen LogP contribution is -2.23. The third-order valence-corrected chi connectivity index (χ3v) is 4.83. The molecule has 0 spiro atoms. The van der Waals surface area contributed by atoms with Gasteiger partial charge in [-0.25, -0.2) is 9.98 Å². The zero-order valence-corrected chi connectivity index (χ0v) is 17.7. The highest BCUT2D eigenvalue weighted by Crippen LogP contribution is 2.32. The smallest absolute Gasteiger partial charge is 0.155 e. The van der Waals surface area contributed by atoms with E-state index in [-0.39, 0.29) is 0 Å². The third kappa shape index (κ3) is 5.67. The van der Waals surface area contributed by atoms with E-state index in [1.807, 2.05) is 19.1 Å². The topological polar surface area (TPSA) is 28.5 Å². The highest BCUT2D eigenvalue weighted by atomic mass is 35.5. The van der Waals surface area contributed by atoms with Gasteiger partial charge in [-0.2, -0.15) is 0 Å². The maximum Gasteiger partial charge on any atom is 0.155 e. The first-order valence-electron chi connectivity index (χ1n) is 9.67. The molecule has 1 aromatic heterocycles. The largest absolute Gasteiger partial charge is 0.372 e. The summed E-state index contributed by atoms with van der Waals surface area (Å²) in [7, 11) is 0. The van der Waals surface area contributed by atoms with Gasteiger partial charge >= 0.3 is 0 Å². The van der Waals surface area contributed by atoms with E-state index in [9.17, 15) is 0 Å². The van der Waals surface area contributed by atoms with Crippen molar-refractivity contribution in [1.29, 1.82) is 0 Å². The molecule has 0 aliphatic heterocycles. The summed E-state index contributed by atoms with van der Waals surface area (Å²) in [5.74, 6) is 0.755. The summed E-state index contributed by atoms with van der Waals surface area (Å²) < 4.78 is 0. The minimum atomic E-state index is 0.659.